The van der Waals surface area contributed by atoms with Gasteiger partial charge in [0, 0.05) is 30.7 Å². The maximum atomic E-state index is 12.1. The summed E-state index contributed by atoms with van der Waals surface area (Å²) in [5.41, 5.74) is 2.28. The van der Waals surface area contributed by atoms with Gasteiger partial charge in [-0.2, -0.15) is 12.7 Å². The van der Waals surface area contributed by atoms with Crippen LogP contribution >= 0.6 is 15.9 Å². The lowest BCUT2D eigenvalue weighted by molar-refractivity contribution is 0.234. The summed E-state index contributed by atoms with van der Waals surface area (Å²) in [6.07, 6.45) is 0. The molecule has 1 fully saturated rings. The molecule has 0 radical (unpaired) electrons. The van der Waals surface area contributed by atoms with Crippen molar-refractivity contribution in [3.8, 4) is 0 Å². The van der Waals surface area contributed by atoms with E-state index >= 15 is 0 Å². The fraction of sp³-hybridized carbons (Fsp3) is 0.400. The second kappa shape index (κ2) is 9.58. The van der Waals surface area contributed by atoms with E-state index in [-0.39, 0.29) is 41.1 Å². The molecule has 0 unspecified atom stereocenters. The molecule has 1 aliphatic heterocycles. The number of rotatable bonds is 8. The number of amidine groups is 1. The van der Waals surface area contributed by atoms with Gasteiger partial charge >= 0.3 is 0 Å². The van der Waals surface area contributed by atoms with Gasteiger partial charge in [0.1, 0.15) is 0 Å². The van der Waals surface area contributed by atoms with Crippen LogP contribution < -0.4 is 15.5 Å². The number of hydrogen-bond acceptors (Lipinski definition) is 10. The Kier molecular flexibility index (Phi) is 7.28. The molecule has 1 saturated heterocycles. The van der Waals surface area contributed by atoms with E-state index in [0.717, 1.165) is 0 Å². The number of benzene rings is 1. The monoisotopic (exact) mass is 537 g/mol. The maximum absolute atomic E-state index is 12.1. The summed E-state index contributed by atoms with van der Waals surface area (Å²) < 4.78 is 56.3. The number of anilines is 1. The van der Waals surface area contributed by atoms with E-state index in [1.54, 1.807) is 6.92 Å². The summed E-state index contributed by atoms with van der Waals surface area (Å²) in [4.78, 5) is 4.34. The first-order chi connectivity index (χ1) is 14.7. The Hall–Kier alpha value is -2.11. The smallest absolute Gasteiger partial charge is 0.279 e. The second-order valence-electron chi connectivity index (χ2n) is 6.28. The normalized spacial score (nSPS) is 17.1. The molecule has 1 aromatic heterocycles. The highest BCUT2D eigenvalue weighted by Gasteiger charge is 2.27. The van der Waals surface area contributed by atoms with E-state index < -0.39 is 20.0 Å². The van der Waals surface area contributed by atoms with Crippen LogP contribution in [0.3, 0.4) is 0 Å². The topological polar surface area (TPSA) is 179 Å². The molecule has 31 heavy (non-hydrogen) atoms. The quantitative estimate of drug-likeness (QED) is 0.207. The molecule has 0 spiro atoms. The van der Waals surface area contributed by atoms with E-state index in [9.17, 15) is 22.0 Å². The van der Waals surface area contributed by atoms with Crippen molar-refractivity contribution in [3.05, 3.63) is 28.4 Å². The number of hydrogen-bond donors (Lipinski definition) is 4. The van der Waals surface area contributed by atoms with Crippen LogP contribution in [0.15, 0.2) is 37.2 Å². The van der Waals surface area contributed by atoms with Crippen molar-refractivity contribution in [2.24, 2.45) is 4.99 Å². The fourth-order valence-corrected chi connectivity index (χ4v) is 5.97. The summed E-state index contributed by atoms with van der Waals surface area (Å²) >= 11 is 3.23. The summed E-state index contributed by atoms with van der Waals surface area (Å²) in [5.74, 6) is -0.0298. The minimum absolute atomic E-state index is 0.0475. The lowest BCUT2D eigenvalue weighted by Crippen LogP contribution is -2.33. The molecule has 2 heterocycles. The average Bonchev–Trinajstić information content (AvgIpc) is 3.32. The molecule has 13 nitrogen and oxygen atoms in total. The Balaban J connectivity index is 1.77. The van der Waals surface area contributed by atoms with Crippen LogP contribution in [0.25, 0.3) is 0 Å². The van der Waals surface area contributed by atoms with Crippen LogP contribution in [0.1, 0.15) is 12.6 Å². The van der Waals surface area contributed by atoms with Crippen molar-refractivity contribution in [2.45, 2.75) is 11.8 Å². The van der Waals surface area contributed by atoms with E-state index in [4.69, 9.17) is 4.63 Å². The molecule has 0 saturated carbocycles. The van der Waals surface area contributed by atoms with E-state index in [1.165, 1.54) is 22.5 Å². The number of nitrogens with one attached hydrogen (secondary N) is 3. The standard InChI is InChI=1S/C15H20BrN7O6S2/c1-2-30(25,26)12-4-3-10(9-11(12)16)19-15(20-24)13-14(22-29-21-13)17-5-7-23-8-6-18-31(23,27)28/h3-4,9,18,24H,2,5-8H2,1H3,(H,17,22)(H,19,20). The number of hydroxylamine groups is 1. The van der Waals surface area contributed by atoms with Gasteiger partial charge in [0.2, 0.25) is 5.82 Å². The first-order valence-electron chi connectivity index (χ1n) is 9.00. The molecule has 3 rings (SSSR count). The fourth-order valence-electron chi connectivity index (χ4n) is 2.73. The lowest BCUT2D eigenvalue weighted by Gasteiger charge is -2.13. The Morgan fingerprint density at radius 1 is 1.42 bits per heavy atom. The predicted molar refractivity (Wildman–Crippen MR) is 114 cm³/mol. The highest BCUT2D eigenvalue weighted by Crippen LogP contribution is 2.28. The second-order valence-corrected chi connectivity index (χ2v) is 11.1. The van der Waals surface area contributed by atoms with Gasteiger partial charge in [0.05, 0.1) is 16.3 Å². The number of nitrogens with zero attached hydrogens (tertiary/aromatic N) is 4. The Morgan fingerprint density at radius 3 is 2.81 bits per heavy atom. The third kappa shape index (κ3) is 5.39. The van der Waals surface area contributed by atoms with Crippen LogP contribution in [0.5, 0.6) is 0 Å². The zero-order chi connectivity index (χ0) is 22.6. The summed E-state index contributed by atoms with van der Waals surface area (Å²) in [7, 11) is -6.87. The van der Waals surface area contributed by atoms with Gasteiger partial charge < -0.3 is 5.32 Å². The van der Waals surface area contributed by atoms with Crippen molar-refractivity contribution in [1.29, 1.82) is 0 Å². The van der Waals surface area contributed by atoms with E-state index in [1.807, 2.05) is 5.48 Å². The van der Waals surface area contributed by atoms with Gasteiger partial charge in [-0.05, 0) is 44.4 Å². The Morgan fingerprint density at radius 2 is 2.19 bits per heavy atom. The SMILES string of the molecule is CCS(=O)(=O)c1ccc(N=C(NO)c2nonc2NCCN2CCNS2(=O)=O)cc1Br. The number of aliphatic imine (C=N–C) groups is 1. The highest BCUT2D eigenvalue weighted by molar-refractivity contribution is 9.10. The molecule has 0 atom stereocenters. The molecule has 0 amide bonds. The molecular weight excluding hydrogens is 518 g/mol. The van der Waals surface area contributed by atoms with Gasteiger partial charge in [-0.15, -0.1) is 0 Å². The largest absolute Gasteiger partial charge is 0.364 e. The zero-order valence-corrected chi connectivity index (χ0v) is 19.5. The van der Waals surface area contributed by atoms with Gasteiger partial charge in [0.25, 0.3) is 10.2 Å². The summed E-state index contributed by atoms with van der Waals surface area (Å²) in [6.45, 7) is 2.63. The number of aromatic nitrogens is 2. The van der Waals surface area contributed by atoms with Crippen molar-refractivity contribution < 1.29 is 26.7 Å². The molecule has 16 heteroatoms. The molecular formula is C15H20BrN7O6S2. The highest BCUT2D eigenvalue weighted by atomic mass is 79.9. The van der Waals surface area contributed by atoms with Crippen molar-refractivity contribution in [1.82, 2.24) is 24.8 Å². The Labute approximate surface area is 187 Å². The minimum Gasteiger partial charge on any atom is -0.364 e. The van der Waals surface area contributed by atoms with Crippen molar-refractivity contribution >= 4 is 53.3 Å². The molecule has 1 aliphatic rings. The van der Waals surface area contributed by atoms with Gasteiger partial charge in [0.15, 0.2) is 21.4 Å². The third-order valence-corrected chi connectivity index (χ3v) is 8.65. The number of sulfone groups is 1. The van der Waals surface area contributed by atoms with Crippen LogP contribution in [0.4, 0.5) is 11.5 Å². The predicted octanol–water partition coefficient (Wildman–Crippen LogP) is 0.245. The number of halogens is 1. The molecule has 0 bridgehead atoms. The molecule has 0 aliphatic carbocycles. The van der Waals surface area contributed by atoms with Gasteiger partial charge in [-0.1, -0.05) is 6.92 Å². The van der Waals surface area contributed by atoms with Gasteiger partial charge in [-0.3, -0.25) is 10.7 Å². The lowest BCUT2D eigenvalue weighted by atomic mass is 10.3. The third-order valence-electron chi connectivity index (χ3n) is 4.33. The van der Waals surface area contributed by atoms with Gasteiger partial charge in [-0.25, -0.2) is 22.8 Å². The Bertz CT molecular complexity index is 1180. The molecule has 170 valence electrons. The zero-order valence-electron chi connectivity index (χ0n) is 16.2. The minimum atomic E-state index is -3.46. The molecule has 1 aromatic carbocycles. The molecule has 2 aromatic rings. The van der Waals surface area contributed by atoms with Crippen molar-refractivity contribution in [2.75, 3.05) is 37.2 Å². The first-order valence-corrected chi connectivity index (χ1v) is 12.9. The van der Waals surface area contributed by atoms with Crippen LogP contribution in [-0.2, 0) is 20.0 Å². The van der Waals surface area contributed by atoms with Crippen molar-refractivity contribution in [3.63, 3.8) is 0 Å². The average molecular weight is 538 g/mol. The van der Waals surface area contributed by atoms with Crippen LogP contribution in [-0.4, -0.2) is 74.4 Å². The van der Waals surface area contributed by atoms with E-state index in [0.29, 0.717) is 23.2 Å². The first kappa shape index (κ1) is 23.6. The maximum Gasteiger partial charge on any atom is 0.279 e. The molecule has 4 N–H and O–H groups in total. The van der Waals surface area contributed by atoms with E-state index in [2.05, 4.69) is 41.3 Å². The van der Waals surface area contributed by atoms with Crippen LogP contribution in [0.2, 0.25) is 0 Å². The summed E-state index contributed by atoms with van der Waals surface area (Å²) in [5, 5.41) is 19.8. The summed E-state index contributed by atoms with van der Waals surface area (Å²) in [6, 6.07) is 4.35. The van der Waals surface area contributed by atoms with Crippen LogP contribution in [0, 0.1) is 0 Å².